The lowest BCUT2D eigenvalue weighted by Crippen LogP contribution is -2.24. The first-order valence-electron chi connectivity index (χ1n) is 5.27. The molecule has 17 heavy (non-hydrogen) atoms. The van der Waals surface area contributed by atoms with Gasteiger partial charge in [-0.2, -0.15) is 0 Å². The van der Waals surface area contributed by atoms with Crippen molar-refractivity contribution >= 4 is 23.4 Å². The van der Waals surface area contributed by atoms with Gasteiger partial charge in [0.05, 0.1) is 0 Å². The molecule has 0 bridgehead atoms. The molecule has 0 aromatic carbocycles. The van der Waals surface area contributed by atoms with Crippen LogP contribution in [-0.4, -0.2) is 23.3 Å². The Morgan fingerprint density at radius 3 is 2.82 bits per heavy atom. The van der Waals surface area contributed by atoms with Gasteiger partial charge >= 0.3 is 0 Å². The van der Waals surface area contributed by atoms with Crippen molar-refractivity contribution in [2.45, 2.75) is 19.3 Å². The van der Waals surface area contributed by atoms with E-state index in [9.17, 15) is 9.59 Å². The van der Waals surface area contributed by atoms with Crippen LogP contribution in [0.3, 0.4) is 0 Å². The van der Waals surface area contributed by atoms with Gasteiger partial charge in [0, 0.05) is 24.7 Å². The number of carbonyl (C=O) groups is 2. The summed E-state index contributed by atoms with van der Waals surface area (Å²) in [6.45, 7) is 0.506. The van der Waals surface area contributed by atoms with Crippen LogP contribution in [0.1, 0.15) is 29.6 Å². The lowest BCUT2D eigenvalue weighted by atomic mass is 10.2. The van der Waals surface area contributed by atoms with E-state index >= 15 is 0 Å². The van der Waals surface area contributed by atoms with Gasteiger partial charge < -0.3 is 11.1 Å². The summed E-state index contributed by atoms with van der Waals surface area (Å²) in [7, 11) is 0. The maximum Gasteiger partial charge on any atom is 0.251 e. The minimum Gasteiger partial charge on any atom is -0.370 e. The smallest absolute Gasteiger partial charge is 0.251 e. The molecule has 92 valence electrons. The van der Waals surface area contributed by atoms with Crippen molar-refractivity contribution in [2.24, 2.45) is 5.73 Å². The lowest BCUT2D eigenvalue weighted by molar-refractivity contribution is -0.118. The Morgan fingerprint density at radius 1 is 1.41 bits per heavy atom. The molecule has 0 saturated heterocycles. The van der Waals surface area contributed by atoms with E-state index in [1.165, 1.54) is 12.3 Å². The number of nitrogens with zero attached hydrogens (tertiary/aromatic N) is 1. The second-order valence-corrected chi connectivity index (χ2v) is 3.93. The average molecular weight is 256 g/mol. The minimum atomic E-state index is -0.322. The van der Waals surface area contributed by atoms with E-state index in [0.717, 1.165) is 0 Å². The lowest BCUT2D eigenvalue weighted by Gasteiger charge is -2.04. The number of nitrogens with one attached hydrogen (secondary N) is 1. The summed E-state index contributed by atoms with van der Waals surface area (Å²) in [5, 5.41) is 3.01. The van der Waals surface area contributed by atoms with Gasteiger partial charge in [0.25, 0.3) is 5.91 Å². The highest BCUT2D eigenvalue weighted by Crippen LogP contribution is 2.06. The van der Waals surface area contributed by atoms with Crippen molar-refractivity contribution in [3.05, 3.63) is 29.0 Å². The summed E-state index contributed by atoms with van der Waals surface area (Å²) in [4.78, 5) is 25.9. The van der Waals surface area contributed by atoms with E-state index in [0.29, 0.717) is 31.4 Å². The number of nitrogens with two attached hydrogens (primary N) is 1. The van der Waals surface area contributed by atoms with Gasteiger partial charge in [-0.25, -0.2) is 4.98 Å². The minimum absolute atomic E-state index is 0.201. The molecule has 0 aliphatic heterocycles. The van der Waals surface area contributed by atoms with Crippen LogP contribution in [0.25, 0.3) is 0 Å². The first kappa shape index (κ1) is 13.4. The highest BCUT2D eigenvalue weighted by Gasteiger charge is 2.05. The summed E-state index contributed by atoms with van der Waals surface area (Å²) >= 11 is 5.67. The summed E-state index contributed by atoms with van der Waals surface area (Å²) in [5.74, 6) is -0.523. The predicted molar refractivity (Wildman–Crippen MR) is 64.6 cm³/mol. The molecule has 3 N–H and O–H groups in total. The Balaban J connectivity index is 2.28. The SMILES string of the molecule is NC(=O)CCCCNC(=O)c1ccnc(Cl)c1. The van der Waals surface area contributed by atoms with Gasteiger partial charge in [0.1, 0.15) is 5.15 Å². The second-order valence-electron chi connectivity index (χ2n) is 3.55. The van der Waals surface area contributed by atoms with Crippen molar-refractivity contribution in [3.63, 3.8) is 0 Å². The molecule has 0 unspecified atom stereocenters. The average Bonchev–Trinajstić information content (AvgIpc) is 2.28. The molecule has 5 nitrogen and oxygen atoms in total. The quantitative estimate of drug-likeness (QED) is 0.590. The maximum absolute atomic E-state index is 11.6. The number of unbranched alkanes of at least 4 members (excludes halogenated alkanes) is 1. The predicted octanol–water partition coefficient (Wildman–Crippen LogP) is 1.12. The third kappa shape index (κ3) is 5.31. The number of pyridine rings is 1. The van der Waals surface area contributed by atoms with Crippen molar-refractivity contribution in [1.29, 1.82) is 0 Å². The Morgan fingerprint density at radius 2 is 2.18 bits per heavy atom. The molecule has 0 saturated carbocycles. The van der Waals surface area contributed by atoms with Crippen molar-refractivity contribution in [1.82, 2.24) is 10.3 Å². The zero-order chi connectivity index (χ0) is 12.7. The molecule has 0 spiro atoms. The largest absolute Gasteiger partial charge is 0.370 e. The zero-order valence-electron chi connectivity index (χ0n) is 9.28. The number of rotatable bonds is 6. The number of aromatic nitrogens is 1. The molecule has 0 aliphatic carbocycles. The fraction of sp³-hybridized carbons (Fsp3) is 0.364. The molecule has 0 atom stereocenters. The van der Waals surface area contributed by atoms with E-state index < -0.39 is 0 Å². The van der Waals surface area contributed by atoms with Gasteiger partial charge in [-0.05, 0) is 25.0 Å². The molecule has 1 aromatic heterocycles. The molecule has 0 fully saturated rings. The normalized spacial score (nSPS) is 9.94. The van der Waals surface area contributed by atoms with Gasteiger partial charge in [0.15, 0.2) is 0 Å². The molecule has 1 heterocycles. The summed E-state index contributed by atoms with van der Waals surface area (Å²) in [6.07, 6.45) is 3.21. The van der Waals surface area contributed by atoms with E-state index in [4.69, 9.17) is 17.3 Å². The third-order valence-electron chi connectivity index (χ3n) is 2.12. The van der Waals surface area contributed by atoms with Crippen LogP contribution in [0.2, 0.25) is 5.15 Å². The van der Waals surface area contributed by atoms with Crippen LogP contribution in [0, 0.1) is 0 Å². The molecule has 6 heteroatoms. The van der Waals surface area contributed by atoms with E-state index in [-0.39, 0.29) is 17.0 Å². The maximum atomic E-state index is 11.6. The molecule has 1 aromatic rings. The second kappa shape index (κ2) is 6.85. The zero-order valence-corrected chi connectivity index (χ0v) is 10.0. The number of halogens is 1. The van der Waals surface area contributed by atoms with Crippen LogP contribution >= 0.6 is 11.6 Å². The monoisotopic (exact) mass is 255 g/mol. The number of amides is 2. The summed E-state index contributed by atoms with van der Waals surface area (Å²) in [5.41, 5.74) is 5.47. The van der Waals surface area contributed by atoms with Crippen molar-refractivity contribution in [2.75, 3.05) is 6.54 Å². The van der Waals surface area contributed by atoms with Crippen LogP contribution in [0.15, 0.2) is 18.3 Å². The Kier molecular flexibility index (Phi) is 5.42. The van der Waals surface area contributed by atoms with Gasteiger partial charge in [0.2, 0.25) is 5.91 Å². The Labute approximate surface area is 104 Å². The van der Waals surface area contributed by atoms with Crippen LogP contribution in [0.4, 0.5) is 0 Å². The summed E-state index contributed by atoms with van der Waals surface area (Å²) in [6, 6.07) is 3.09. The van der Waals surface area contributed by atoms with Gasteiger partial charge in [-0.15, -0.1) is 0 Å². The molecule has 1 rings (SSSR count). The highest BCUT2D eigenvalue weighted by atomic mass is 35.5. The van der Waals surface area contributed by atoms with Crippen molar-refractivity contribution in [3.8, 4) is 0 Å². The highest BCUT2D eigenvalue weighted by molar-refractivity contribution is 6.29. The van der Waals surface area contributed by atoms with Gasteiger partial charge in [-0.3, -0.25) is 9.59 Å². The Bertz CT molecular complexity index is 409. The Hall–Kier alpha value is -1.62. The summed E-state index contributed by atoms with van der Waals surface area (Å²) < 4.78 is 0. The van der Waals surface area contributed by atoms with Crippen LogP contribution in [0.5, 0.6) is 0 Å². The van der Waals surface area contributed by atoms with E-state index in [2.05, 4.69) is 10.3 Å². The first-order chi connectivity index (χ1) is 8.09. The molecule has 2 amide bonds. The third-order valence-corrected chi connectivity index (χ3v) is 2.33. The molecule has 0 aliphatic rings. The first-order valence-corrected chi connectivity index (χ1v) is 5.65. The number of hydrogen-bond donors (Lipinski definition) is 2. The fourth-order valence-corrected chi connectivity index (χ4v) is 1.45. The molecular formula is C11H14ClN3O2. The van der Waals surface area contributed by atoms with Crippen LogP contribution < -0.4 is 11.1 Å². The van der Waals surface area contributed by atoms with Crippen molar-refractivity contribution < 1.29 is 9.59 Å². The number of hydrogen-bond acceptors (Lipinski definition) is 3. The molecular weight excluding hydrogens is 242 g/mol. The molecule has 0 radical (unpaired) electrons. The fourth-order valence-electron chi connectivity index (χ4n) is 1.27. The van der Waals surface area contributed by atoms with E-state index in [1.807, 2.05) is 0 Å². The number of carbonyl (C=O) groups excluding carboxylic acids is 2. The van der Waals surface area contributed by atoms with Gasteiger partial charge in [-0.1, -0.05) is 11.6 Å². The number of primary amides is 1. The van der Waals surface area contributed by atoms with Crippen LogP contribution in [-0.2, 0) is 4.79 Å². The standard InChI is InChI=1S/C11H14ClN3O2/c12-9-7-8(4-6-14-9)11(17)15-5-2-1-3-10(13)16/h4,6-7H,1-3,5H2,(H2,13,16)(H,15,17). The van der Waals surface area contributed by atoms with E-state index in [1.54, 1.807) is 6.07 Å². The topological polar surface area (TPSA) is 85.1 Å².